The fourth-order valence-electron chi connectivity index (χ4n) is 4.92. The molecule has 0 bridgehead atoms. The Balaban J connectivity index is 1.37. The van der Waals surface area contributed by atoms with E-state index in [4.69, 9.17) is 11.6 Å². The number of hydrogen-bond donors (Lipinski definition) is 1. The molecule has 3 aromatic carbocycles. The molecule has 1 N–H and O–H groups in total. The molecule has 0 atom stereocenters. The zero-order chi connectivity index (χ0) is 21.7. The normalized spacial score (nSPS) is 16.9. The van der Waals surface area contributed by atoms with Crippen LogP contribution >= 0.6 is 11.6 Å². The number of rotatable bonds is 7. The molecular formula is C28H32ClNO. The molecule has 0 saturated carbocycles. The summed E-state index contributed by atoms with van der Waals surface area (Å²) >= 11 is 6.01. The molecule has 4 rings (SSSR count). The van der Waals surface area contributed by atoms with Gasteiger partial charge in [0.2, 0.25) is 0 Å². The Hall–Kier alpha value is -2.13. The van der Waals surface area contributed by atoms with Crippen molar-refractivity contribution in [3.05, 3.63) is 107 Å². The van der Waals surface area contributed by atoms with E-state index in [0.29, 0.717) is 5.02 Å². The second-order valence-electron chi connectivity index (χ2n) is 9.05. The molecule has 1 aliphatic heterocycles. The third-order valence-corrected chi connectivity index (χ3v) is 7.29. The molecule has 0 radical (unpaired) electrons. The van der Waals surface area contributed by atoms with Crippen LogP contribution in [0.5, 0.6) is 0 Å². The van der Waals surface area contributed by atoms with Gasteiger partial charge in [-0.3, -0.25) is 0 Å². The molecule has 1 heterocycles. The minimum Gasteiger partial charge on any atom is -0.385 e. The van der Waals surface area contributed by atoms with Gasteiger partial charge in [-0.05, 0) is 61.1 Å². The van der Waals surface area contributed by atoms with Crippen LogP contribution < -0.4 is 0 Å². The molecule has 0 aromatic heterocycles. The Bertz CT molecular complexity index is 908. The van der Waals surface area contributed by atoms with Crippen LogP contribution in [0.4, 0.5) is 0 Å². The van der Waals surface area contributed by atoms with Gasteiger partial charge in [0.15, 0.2) is 0 Å². The number of nitrogens with zero attached hydrogens (tertiary/aromatic N) is 1. The van der Waals surface area contributed by atoms with E-state index in [9.17, 15) is 5.11 Å². The topological polar surface area (TPSA) is 23.5 Å². The Kier molecular flexibility index (Phi) is 6.81. The van der Waals surface area contributed by atoms with Gasteiger partial charge < -0.3 is 10.0 Å². The van der Waals surface area contributed by atoms with Gasteiger partial charge in [0.05, 0.1) is 5.60 Å². The first-order valence-corrected chi connectivity index (χ1v) is 11.7. The first-order valence-electron chi connectivity index (χ1n) is 11.3. The highest BCUT2D eigenvalue weighted by Crippen LogP contribution is 2.37. The van der Waals surface area contributed by atoms with Crippen LogP contribution in [0.25, 0.3) is 0 Å². The molecule has 0 spiro atoms. The summed E-state index contributed by atoms with van der Waals surface area (Å²) in [6, 6.07) is 29.4. The first kappa shape index (κ1) is 22.1. The average Bonchev–Trinajstić information content (AvgIpc) is 2.82. The van der Waals surface area contributed by atoms with Gasteiger partial charge in [-0.15, -0.1) is 0 Å². The van der Waals surface area contributed by atoms with Gasteiger partial charge in [0.1, 0.15) is 0 Å². The third kappa shape index (κ3) is 5.03. The molecule has 0 amide bonds. The van der Waals surface area contributed by atoms with E-state index in [0.717, 1.165) is 50.9 Å². The number of aliphatic hydroxyl groups is 1. The van der Waals surface area contributed by atoms with Crippen LogP contribution in [0, 0.1) is 0 Å². The Morgan fingerprint density at radius 2 is 1.35 bits per heavy atom. The maximum Gasteiger partial charge on any atom is 0.0920 e. The van der Waals surface area contributed by atoms with E-state index >= 15 is 0 Å². The minimum atomic E-state index is -0.732. The molecule has 3 aromatic rings. The lowest BCUT2D eigenvalue weighted by molar-refractivity contribution is -0.0262. The Labute approximate surface area is 191 Å². The largest absolute Gasteiger partial charge is 0.385 e. The SMILES string of the molecule is CC(CCCN1CCC(O)(c2ccc(Cl)cc2)CC1)(c1ccccc1)c1ccccc1. The highest BCUT2D eigenvalue weighted by Gasteiger charge is 2.34. The number of halogens is 1. The standard InChI is InChI=1S/C28H32ClNO/c1-27(23-9-4-2-5-10-23,24-11-6-3-7-12-24)17-8-20-30-21-18-28(31,19-22-30)25-13-15-26(29)16-14-25/h2-7,9-16,31H,8,17-22H2,1H3. The van der Waals surface area contributed by atoms with Gasteiger partial charge in [0.25, 0.3) is 0 Å². The summed E-state index contributed by atoms with van der Waals surface area (Å²) in [5, 5.41) is 11.8. The number of benzene rings is 3. The number of piperidine rings is 1. The summed E-state index contributed by atoms with van der Waals surface area (Å²) in [6.45, 7) is 5.28. The lowest BCUT2D eigenvalue weighted by atomic mass is 9.73. The van der Waals surface area contributed by atoms with Crippen molar-refractivity contribution < 1.29 is 5.11 Å². The van der Waals surface area contributed by atoms with E-state index in [-0.39, 0.29) is 5.41 Å². The number of hydrogen-bond acceptors (Lipinski definition) is 2. The highest BCUT2D eigenvalue weighted by molar-refractivity contribution is 6.30. The lowest BCUT2D eigenvalue weighted by Gasteiger charge is -2.39. The summed E-state index contributed by atoms with van der Waals surface area (Å²) in [5.41, 5.74) is 3.00. The van der Waals surface area contributed by atoms with Crippen LogP contribution in [0.1, 0.15) is 49.3 Å². The van der Waals surface area contributed by atoms with Crippen molar-refractivity contribution in [1.29, 1.82) is 0 Å². The molecule has 0 unspecified atom stereocenters. The number of likely N-dealkylation sites (tertiary alicyclic amines) is 1. The molecule has 2 nitrogen and oxygen atoms in total. The van der Waals surface area contributed by atoms with Crippen LogP contribution in [-0.4, -0.2) is 29.6 Å². The summed E-state index contributed by atoms with van der Waals surface area (Å²) in [4.78, 5) is 2.50. The first-order chi connectivity index (χ1) is 15.0. The van der Waals surface area contributed by atoms with Gasteiger partial charge >= 0.3 is 0 Å². The predicted octanol–water partition coefficient (Wildman–Crippen LogP) is 6.41. The van der Waals surface area contributed by atoms with Crippen LogP contribution in [0.15, 0.2) is 84.9 Å². The second kappa shape index (κ2) is 9.56. The van der Waals surface area contributed by atoms with Crippen LogP contribution in [0.3, 0.4) is 0 Å². The quantitative estimate of drug-likeness (QED) is 0.465. The Morgan fingerprint density at radius 1 is 0.839 bits per heavy atom. The van der Waals surface area contributed by atoms with Gasteiger partial charge in [-0.25, -0.2) is 0 Å². The van der Waals surface area contributed by atoms with E-state index in [2.05, 4.69) is 72.5 Å². The van der Waals surface area contributed by atoms with Crippen molar-refractivity contribution in [2.45, 2.75) is 43.6 Å². The highest BCUT2D eigenvalue weighted by atomic mass is 35.5. The van der Waals surface area contributed by atoms with Crippen molar-refractivity contribution >= 4 is 11.6 Å². The maximum absolute atomic E-state index is 11.1. The lowest BCUT2D eigenvalue weighted by Crippen LogP contribution is -2.43. The van der Waals surface area contributed by atoms with Crippen molar-refractivity contribution in [1.82, 2.24) is 4.90 Å². The van der Waals surface area contributed by atoms with Crippen LogP contribution in [-0.2, 0) is 11.0 Å². The zero-order valence-corrected chi connectivity index (χ0v) is 19.1. The average molecular weight is 434 g/mol. The summed E-state index contributed by atoms with van der Waals surface area (Å²) in [5.74, 6) is 0. The van der Waals surface area contributed by atoms with Crippen LogP contribution in [0.2, 0.25) is 5.02 Å². The summed E-state index contributed by atoms with van der Waals surface area (Å²) in [7, 11) is 0. The van der Waals surface area contributed by atoms with Crippen molar-refractivity contribution in [3.63, 3.8) is 0 Å². The minimum absolute atomic E-state index is 0.00233. The fourth-order valence-corrected chi connectivity index (χ4v) is 5.04. The summed E-state index contributed by atoms with van der Waals surface area (Å²) < 4.78 is 0. The zero-order valence-electron chi connectivity index (χ0n) is 18.3. The van der Waals surface area contributed by atoms with Gasteiger partial charge in [-0.1, -0.05) is 91.3 Å². The summed E-state index contributed by atoms with van der Waals surface area (Å²) in [6.07, 6.45) is 3.76. The molecule has 1 fully saturated rings. The smallest absolute Gasteiger partial charge is 0.0920 e. The van der Waals surface area contributed by atoms with Crippen molar-refractivity contribution in [2.24, 2.45) is 0 Å². The molecule has 0 aliphatic carbocycles. The maximum atomic E-state index is 11.1. The second-order valence-corrected chi connectivity index (χ2v) is 9.48. The third-order valence-electron chi connectivity index (χ3n) is 7.04. The molecule has 1 saturated heterocycles. The molecular weight excluding hydrogens is 402 g/mol. The molecule has 31 heavy (non-hydrogen) atoms. The van der Waals surface area contributed by atoms with E-state index in [1.54, 1.807) is 0 Å². The van der Waals surface area contributed by atoms with Crippen molar-refractivity contribution in [3.8, 4) is 0 Å². The van der Waals surface area contributed by atoms with E-state index < -0.39 is 5.60 Å². The van der Waals surface area contributed by atoms with Crippen molar-refractivity contribution in [2.75, 3.05) is 19.6 Å². The molecule has 162 valence electrons. The van der Waals surface area contributed by atoms with Gasteiger partial charge in [-0.2, -0.15) is 0 Å². The van der Waals surface area contributed by atoms with Gasteiger partial charge in [0, 0.05) is 23.5 Å². The fraction of sp³-hybridized carbons (Fsp3) is 0.357. The monoisotopic (exact) mass is 433 g/mol. The van der Waals surface area contributed by atoms with E-state index in [1.165, 1.54) is 11.1 Å². The molecule has 1 aliphatic rings. The Morgan fingerprint density at radius 3 is 1.87 bits per heavy atom. The predicted molar refractivity (Wildman–Crippen MR) is 130 cm³/mol. The molecule has 3 heteroatoms. The van der Waals surface area contributed by atoms with E-state index in [1.807, 2.05) is 24.3 Å².